The van der Waals surface area contributed by atoms with E-state index in [1.165, 1.54) is 0 Å². The number of aromatic nitrogens is 2. The second-order valence-electron chi connectivity index (χ2n) is 5.15. The third-order valence-electron chi connectivity index (χ3n) is 3.53. The Labute approximate surface area is 138 Å². The van der Waals surface area contributed by atoms with Crippen LogP contribution in [0.3, 0.4) is 0 Å². The number of nitrogens with one attached hydrogen (secondary N) is 1. The quantitative estimate of drug-likeness (QED) is 0.780. The molecule has 0 aliphatic rings. The number of H-pyrrole nitrogens is 1. The zero-order valence-corrected chi connectivity index (χ0v) is 13.4. The van der Waals surface area contributed by atoms with Crippen LogP contribution >= 0.6 is 11.6 Å². The van der Waals surface area contributed by atoms with Gasteiger partial charge in [-0.3, -0.25) is 9.89 Å². The highest BCUT2D eigenvalue weighted by atomic mass is 35.5. The molecule has 1 amide bonds. The van der Waals surface area contributed by atoms with Crippen molar-refractivity contribution in [3.63, 3.8) is 0 Å². The molecule has 5 nitrogen and oxygen atoms in total. The second-order valence-corrected chi connectivity index (χ2v) is 5.58. The van der Waals surface area contributed by atoms with Gasteiger partial charge in [0.05, 0.1) is 12.1 Å². The minimum Gasteiger partial charge on any atom is -0.492 e. The van der Waals surface area contributed by atoms with Crippen molar-refractivity contribution in [3.8, 4) is 5.75 Å². The van der Waals surface area contributed by atoms with Crippen molar-refractivity contribution in [1.29, 1.82) is 0 Å². The van der Waals surface area contributed by atoms with Gasteiger partial charge in [0.25, 0.3) is 5.91 Å². The Balaban J connectivity index is 1.60. The third-order valence-corrected chi connectivity index (χ3v) is 3.78. The molecule has 0 unspecified atom stereocenters. The summed E-state index contributed by atoms with van der Waals surface area (Å²) < 4.78 is 5.61. The van der Waals surface area contributed by atoms with E-state index in [9.17, 15) is 4.79 Å². The molecule has 1 aromatic heterocycles. The Morgan fingerprint density at radius 2 is 1.96 bits per heavy atom. The van der Waals surface area contributed by atoms with Gasteiger partial charge in [-0.05, 0) is 30.3 Å². The molecular weight excluding hydrogens is 314 g/mol. The second kappa shape index (κ2) is 6.71. The number of halogens is 1. The van der Waals surface area contributed by atoms with E-state index >= 15 is 0 Å². The number of aromatic amines is 1. The molecule has 2 aromatic carbocycles. The van der Waals surface area contributed by atoms with Gasteiger partial charge in [0.1, 0.15) is 12.4 Å². The number of ether oxygens (including phenoxy) is 1. The zero-order chi connectivity index (χ0) is 16.2. The molecule has 0 fully saturated rings. The van der Waals surface area contributed by atoms with Crippen molar-refractivity contribution in [2.45, 2.75) is 0 Å². The number of carbonyl (C=O) groups excluding carboxylic acids is 1. The fraction of sp³-hybridized carbons (Fsp3) is 0.176. The normalized spacial score (nSPS) is 10.7. The number of fused-ring (bicyclic) bond motifs is 1. The summed E-state index contributed by atoms with van der Waals surface area (Å²) >= 11 is 5.82. The van der Waals surface area contributed by atoms with Crippen LogP contribution in [0.4, 0.5) is 0 Å². The SMILES string of the molecule is CN(CCOc1ccc(Cl)cc1)C(=O)c1n[nH]c2ccccc12. The topological polar surface area (TPSA) is 58.2 Å². The first-order valence-corrected chi connectivity index (χ1v) is 7.60. The highest BCUT2D eigenvalue weighted by Crippen LogP contribution is 2.17. The lowest BCUT2D eigenvalue weighted by atomic mass is 10.2. The van der Waals surface area contributed by atoms with Gasteiger partial charge in [-0.25, -0.2) is 0 Å². The van der Waals surface area contributed by atoms with Crippen molar-refractivity contribution in [1.82, 2.24) is 15.1 Å². The summed E-state index contributed by atoms with van der Waals surface area (Å²) in [5, 5.41) is 8.47. The van der Waals surface area contributed by atoms with Crippen LogP contribution in [0.1, 0.15) is 10.5 Å². The van der Waals surface area contributed by atoms with Crippen molar-refractivity contribution >= 4 is 28.4 Å². The van der Waals surface area contributed by atoms with E-state index in [4.69, 9.17) is 16.3 Å². The Morgan fingerprint density at radius 3 is 2.74 bits per heavy atom. The molecule has 3 aromatic rings. The fourth-order valence-electron chi connectivity index (χ4n) is 2.24. The maximum absolute atomic E-state index is 12.5. The molecule has 0 atom stereocenters. The minimum absolute atomic E-state index is 0.137. The number of hydrogen-bond donors (Lipinski definition) is 1. The van der Waals surface area contributed by atoms with Crippen LogP contribution in [0.15, 0.2) is 48.5 Å². The first-order chi connectivity index (χ1) is 11.1. The first-order valence-electron chi connectivity index (χ1n) is 7.22. The molecule has 6 heteroatoms. The van der Waals surface area contributed by atoms with Crippen LogP contribution in [-0.2, 0) is 0 Å². The van der Waals surface area contributed by atoms with Crippen LogP contribution in [-0.4, -0.2) is 41.2 Å². The molecule has 23 heavy (non-hydrogen) atoms. The molecule has 0 saturated heterocycles. The van der Waals surface area contributed by atoms with E-state index in [0.29, 0.717) is 23.9 Å². The van der Waals surface area contributed by atoms with Crippen molar-refractivity contribution in [2.75, 3.05) is 20.2 Å². The lowest BCUT2D eigenvalue weighted by Crippen LogP contribution is -2.31. The third kappa shape index (κ3) is 3.46. The molecule has 0 bridgehead atoms. The largest absolute Gasteiger partial charge is 0.492 e. The highest BCUT2D eigenvalue weighted by Gasteiger charge is 2.17. The molecule has 0 spiro atoms. The number of hydrogen-bond acceptors (Lipinski definition) is 3. The Kier molecular flexibility index (Phi) is 4.48. The number of likely N-dealkylation sites (N-methyl/N-ethyl adjacent to an activating group) is 1. The molecule has 0 saturated carbocycles. The Morgan fingerprint density at radius 1 is 1.22 bits per heavy atom. The maximum atomic E-state index is 12.5. The smallest absolute Gasteiger partial charge is 0.274 e. The molecule has 1 N–H and O–H groups in total. The van der Waals surface area contributed by atoms with Crippen LogP contribution < -0.4 is 4.74 Å². The fourth-order valence-corrected chi connectivity index (χ4v) is 2.37. The Bertz CT molecular complexity index is 814. The summed E-state index contributed by atoms with van der Waals surface area (Å²) in [6, 6.07) is 14.7. The van der Waals surface area contributed by atoms with Gasteiger partial charge in [0.2, 0.25) is 0 Å². The van der Waals surface area contributed by atoms with Gasteiger partial charge >= 0.3 is 0 Å². The van der Waals surface area contributed by atoms with Crippen molar-refractivity contribution in [2.24, 2.45) is 0 Å². The summed E-state index contributed by atoms with van der Waals surface area (Å²) in [6.45, 7) is 0.856. The molecule has 0 aliphatic heterocycles. The Hall–Kier alpha value is -2.53. The van der Waals surface area contributed by atoms with Gasteiger partial charge in [0, 0.05) is 17.5 Å². The number of amides is 1. The van der Waals surface area contributed by atoms with Crippen LogP contribution in [0.5, 0.6) is 5.75 Å². The highest BCUT2D eigenvalue weighted by molar-refractivity contribution is 6.30. The molecule has 118 valence electrons. The van der Waals surface area contributed by atoms with E-state index in [1.54, 1.807) is 36.2 Å². The van der Waals surface area contributed by atoms with Gasteiger partial charge in [-0.15, -0.1) is 0 Å². The maximum Gasteiger partial charge on any atom is 0.274 e. The van der Waals surface area contributed by atoms with Gasteiger partial charge < -0.3 is 9.64 Å². The van der Waals surface area contributed by atoms with Gasteiger partial charge in [-0.1, -0.05) is 29.8 Å². The van der Waals surface area contributed by atoms with Crippen LogP contribution in [0, 0.1) is 0 Å². The van der Waals surface area contributed by atoms with E-state index in [2.05, 4.69) is 10.2 Å². The summed E-state index contributed by atoms with van der Waals surface area (Å²) in [4.78, 5) is 14.1. The van der Waals surface area contributed by atoms with E-state index in [1.807, 2.05) is 24.3 Å². The summed E-state index contributed by atoms with van der Waals surface area (Å²) in [7, 11) is 1.73. The standard InChI is InChI=1S/C17H16ClN3O2/c1-21(10-11-23-13-8-6-12(18)7-9-13)17(22)16-14-4-2-3-5-15(14)19-20-16/h2-9H,10-11H2,1H3,(H,19,20). The minimum atomic E-state index is -0.137. The van der Waals surface area contributed by atoms with Crippen molar-refractivity contribution in [3.05, 3.63) is 59.2 Å². The summed E-state index contributed by atoms with van der Waals surface area (Å²) in [5.74, 6) is 0.586. The summed E-state index contributed by atoms with van der Waals surface area (Å²) in [5.41, 5.74) is 1.27. The summed E-state index contributed by atoms with van der Waals surface area (Å²) in [6.07, 6.45) is 0. The van der Waals surface area contributed by atoms with Crippen LogP contribution in [0.25, 0.3) is 10.9 Å². The first kappa shape index (κ1) is 15.4. The lowest BCUT2D eigenvalue weighted by Gasteiger charge is -2.16. The van der Waals surface area contributed by atoms with E-state index in [0.717, 1.165) is 16.7 Å². The number of benzene rings is 2. The van der Waals surface area contributed by atoms with Crippen LogP contribution in [0.2, 0.25) is 5.02 Å². The zero-order valence-electron chi connectivity index (χ0n) is 12.6. The average molecular weight is 330 g/mol. The number of rotatable bonds is 5. The molecule has 1 heterocycles. The predicted octanol–water partition coefficient (Wildman–Crippen LogP) is 3.37. The molecule has 0 radical (unpaired) electrons. The lowest BCUT2D eigenvalue weighted by molar-refractivity contribution is 0.0770. The van der Waals surface area contributed by atoms with E-state index in [-0.39, 0.29) is 5.91 Å². The number of nitrogens with zero attached hydrogens (tertiary/aromatic N) is 2. The molecular formula is C17H16ClN3O2. The average Bonchev–Trinajstić information content (AvgIpc) is 3.00. The van der Waals surface area contributed by atoms with Gasteiger partial charge in [-0.2, -0.15) is 5.10 Å². The predicted molar refractivity (Wildman–Crippen MR) is 90.0 cm³/mol. The number of carbonyl (C=O) groups is 1. The molecule has 0 aliphatic carbocycles. The van der Waals surface area contributed by atoms with E-state index < -0.39 is 0 Å². The number of para-hydroxylation sites is 1. The van der Waals surface area contributed by atoms with Crippen molar-refractivity contribution < 1.29 is 9.53 Å². The molecule has 3 rings (SSSR count). The van der Waals surface area contributed by atoms with Gasteiger partial charge in [0.15, 0.2) is 5.69 Å². The monoisotopic (exact) mass is 329 g/mol.